The summed E-state index contributed by atoms with van der Waals surface area (Å²) < 4.78 is 2.03. The van der Waals surface area contributed by atoms with Crippen molar-refractivity contribution < 1.29 is 0 Å². The van der Waals surface area contributed by atoms with E-state index >= 15 is 0 Å². The maximum Gasteiger partial charge on any atom is 0.250 e. The molecule has 0 aliphatic carbocycles. The van der Waals surface area contributed by atoms with Gasteiger partial charge in [-0.05, 0) is 60.1 Å². The van der Waals surface area contributed by atoms with Crippen molar-refractivity contribution in [2.45, 2.75) is 30.3 Å². The average molecular weight is 428 g/mol. The van der Waals surface area contributed by atoms with Crippen LogP contribution in [0, 0.1) is 17.2 Å². The van der Waals surface area contributed by atoms with Crippen LogP contribution in [-0.2, 0) is 13.1 Å². The lowest BCUT2D eigenvalue weighted by molar-refractivity contribution is 0.115. The van der Waals surface area contributed by atoms with E-state index in [9.17, 15) is 10.1 Å². The number of rotatable bonds is 4. The van der Waals surface area contributed by atoms with Crippen LogP contribution in [0.5, 0.6) is 0 Å². The second kappa shape index (κ2) is 8.37. The molecule has 0 saturated carbocycles. The summed E-state index contributed by atoms with van der Waals surface area (Å²) >= 11 is 1.74. The summed E-state index contributed by atoms with van der Waals surface area (Å²) in [5, 5.41) is 9.21. The maximum absolute atomic E-state index is 12.7. The van der Waals surface area contributed by atoms with Gasteiger partial charge in [0, 0.05) is 54.3 Å². The van der Waals surface area contributed by atoms with Crippen molar-refractivity contribution in [3.63, 3.8) is 0 Å². The molecular formula is C26H25N3OS. The van der Waals surface area contributed by atoms with Crippen molar-refractivity contribution in [2.24, 2.45) is 5.92 Å². The largest absolute Gasteiger partial charge is 0.311 e. The molecule has 4 nitrogen and oxygen atoms in total. The molecule has 0 amide bonds. The summed E-state index contributed by atoms with van der Waals surface area (Å²) in [4.78, 5) is 16.5. The van der Waals surface area contributed by atoms with Crippen molar-refractivity contribution in [1.82, 2.24) is 9.47 Å². The molecule has 1 saturated heterocycles. The number of benzene rings is 2. The summed E-state index contributed by atoms with van der Waals surface area (Å²) in [7, 11) is 0. The Morgan fingerprint density at radius 2 is 1.90 bits per heavy atom. The number of hydrogen-bond donors (Lipinski definition) is 0. The highest BCUT2D eigenvalue weighted by molar-refractivity contribution is 7.98. The highest BCUT2D eigenvalue weighted by Gasteiger charge is 2.36. The van der Waals surface area contributed by atoms with Gasteiger partial charge in [0.15, 0.2) is 0 Å². The number of fused-ring (bicyclic) bond motifs is 4. The van der Waals surface area contributed by atoms with E-state index < -0.39 is 0 Å². The number of likely N-dealkylation sites (tertiary alicyclic amines) is 1. The average Bonchev–Trinajstić information content (AvgIpc) is 2.80. The minimum absolute atomic E-state index is 0.115. The fourth-order valence-electron chi connectivity index (χ4n) is 5.26. The lowest BCUT2D eigenvalue weighted by Gasteiger charge is -2.43. The summed E-state index contributed by atoms with van der Waals surface area (Å²) in [6.45, 7) is 3.56. The van der Waals surface area contributed by atoms with Crippen LogP contribution in [0.1, 0.15) is 29.2 Å². The van der Waals surface area contributed by atoms with E-state index in [1.165, 1.54) is 27.3 Å². The van der Waals surface area contributed by atoms with Crippen LogP contribution >= 0.6 is 11.8 Å². The smallest absolute Gasteiger partial charge is 0.250 e. The number of thioether (sulfide) groups is 1. The fourth-order valence-corrected chi connectivity index (χ4v) is 5.66. The van der Waals surface area contributed by atoms with E-state index in [2.05, 4.69) is 47.6 Å². The molecule has 0 N–H and O–H groups in total. The zero-order valence-corrected chi connectivity index (χ0v) is 18.4. The number of nitriles is 1. The number of aromatic nitrogens is 1. The van der Waals surface area contributed by atoms with Crippen LogP contribution in [-0.4, -0.2) is 28.8 Å². The first kappa shape index (κ1) is 20.1. The summed E-state index contributed by atoms with van der Waals surface area (Å²) in [6.07, 6.45) is 3.22. The number of pyridine rings is 1. The molecule has 1 fully saturated rings. The van der Waals surface area contributed by atoms with Gasteiger partial charge in [-0.15, -0.1) is 11.8 Å². The summed E-state index contributed by atoms with van der Waals surface area (Å²) in [5.41, 5.74) is 5.56. The third-order valence-corrected chi connectivity index (χ3v) is 7.27. The predicted octanol–water partition coefficient (Wildman–Crippen LogP) is 4.73. The molecule has 31 heavy (non-hydrogen) atoms. The lowest BCUT2D eigenvalue weighted by atomic mass is 9.80. The van der Waals surface area contributed by atoms with Gasteiger partial charge in [0.2, 0.25) is 0 Å². The predicted molar refractivity (Wildman–Crippen MR) is 125 cm³/mol. The molecule has 2 aliphatic rings. The Balaban J connectivity index is 1.48. The Bertz CT molecular complexity index is 1210. The molecule has 2 aromatic carbocycles. The molecule has 2 atom stereocenters. The zero-order valence-electron chi connectivity index (χ0n) is 17.6. The minimum Gasteiger partial charge on any atom is -0.311 e. The van der Waals surface area contributed by atoms with Gasteiger partial charge in [-0.25, -0.2) is 0 Å². The number of piperidine rings is 1. The van der Waals surface area contributed by atoms with E-state index in [1.807, 2.05) is 28.8 Å². The molecular weight excluding hydrogens is 402 g/mol. The maximum atomic E-state index is 12.7. The summed E-state index contributed by atoms with van der Waals surface area (Å²) in [5.74, 6) is 0.827. The zero-order chi connectivity index (χ0) is 21.4. The third-order valence-electron chi connectivity index (χ3n) is 6.53. The van der Waals surface area contributed by atoms with Crippen molar-refractivity contribution in [2.75, 3.05) is 19.3 Å². The Labute approximate surface area is 187 Å². The van der Waals surface area contributed by atoms with E-state index in [0.717, 1.165) is 32.6 Å². The van der Waals surface area contributed by atoms with Gasteiger partial charge >= 0.3 is 0 Å². The second-order valence-corrected chi connectivity index (χ2v) is 9.49. The normalized spacial score (nSPS) is 20.1. The molecule has 0 unspecified atom stereocenters. The molecule has 2 aliphatic heterocycles. The van der Waals surface area contributed by atoms with Gasteiger partial charge < -0.3 is 4.57 Å². The lowest BCUT2D eigenvalue weighted by Crippen LogP contribution is -2.47. The van der Waals surface area contributed by atoms with E-state index in [0.29, 0.717) is 17.4 Å². The van der Waals surface area contributed by atoms with Crippen molar-refractivity contribution in [3.8, 4) is 17.2 Å². The van der Waals surface area contributed by atoms with Gasteiger partial charge in [0.25, 0.3) is 5.56 Å². The van der Waals surface area contributed by atoms with Crippen molar-refractivity contribution in [1.29, 1.82) is 5.26 Å². The monoisotopic (exact) mass is 427 g/mol. The number of hydrogen-bond acceptors (Lipinski definition) is 4. The van der Waals surface area contributed by atoms with Crippen LogP contribution in [0.2, 0.25) is 0 Å². The van der Waals surface area contributed by atoms with Crippen LogP contribution < -0.4 is 5.56 Å². The minimum atomic E-state index is 0.115. The molecule has 2 bridgehead atoms. The van der Waals surface area contributed by atoms with Crippen LogP contribution in [0.25, 0.3) is 11.1 Å². The van der Waals surface area contributed by atoms with Crippen molar-refractivity contribution >= 4 is 11.8 Å². The van der Waals surface area contributed by atoms with Gasteiger partial charge in [-0.3, -0.25) is 9.69 Å². The van der Waals surface area contributed by atoms with Crippen molar-refractivity contribution in [3.05, 3.63) is 87.8 Å². The number of nitrogens with zero attached hydrogens (tertiary/aromatic N) is 3. The molecule has 0 radical (unpaired) electrons. The molecule has 3 heterocycles. The van der Waals surface area contributed by atoms with Gasteiger partial charge in [-0.2, -0.15) is 5.26 Å². The van der Waals surface area contributed by atoms with Gasteiger partial charge in [-0.1, -0.05) is 24.3 Å². The molecule has 156 valence electrons. The second-order valence-electron chi connectivity index (χ2n) is 8.61. The topological polar surface area (TPSA) is 49.0 Å². The van der Waals surface area contributed by atoms with E-state index in [1.54, 1.807) is 17.8 Å². The third kappa shape index (κ3) is 3.94. The highest BCUT2D eigenvalue weighted by Crippen LogP contribution is 2.40. The van der Waals surface area contributed by atoms with E-state index in [-0.39, 0.29) is 5.56 Å². The molecule has 1 aromatic heterocycles. The Morgan fingerprint density at radius 3 is 2.68 bits per heavy atom. The first-order chi connectivity index (χ1) is 15.1. The molecule has 3 aromatic rings. The first-order valence-electron chi connectivity index (χ1n) is 10.7. The standard InChI is InChI=1S/C26H25N3OS/c1-31-23-7-5-21(6-8-23)24-9-10-25(30)29-16-20-12-22(26(24)29)17-28(15-20)14-19-4-2-3-18(11-19)13-27/h2-11,20,22H,12,14-17H2,1H3/t20-,22+/m0/s1. The molecule has 0 spiro atoms. The highest BCUT2D eigenvalue weighted by atomic mass is 32.2. The SMILES string of the molecule is CSc1ccc(-c2ccc(=O)n3c2[C@@H]2C[C@@H](CN(Cc4cccc(C#N)c4)C2)C3)cc1. The van der Waals surface area contributed by atoms with Crippen LogP contribution in [0.15, 0.2) is 70.4 Å². The van der Waals surface area contributed by atoms with Crippen LogP contribution in [0.4, 0.5) is 0 Å². The fraction of sp³-hybridized carbons (Fsp3) is 0.308. The Morgan fingerprint density at radius 1 is 1.06 bits per heavy atom. The quantitative estimate of drug-likeness (QED) is 0.565. The van der Waals surface area contributed by atoms with Gasteiger partial charge in [0.1, 0.15) is 0 Å². The first-order valence-corrected chi connectivity index (χ1v) is 12.0. The molecule has 5 heteroatoms. The van der Waals surface area contributed by atoms with E-state index in [4.69, 9.17) is 0 Å². The van der Waals surface area contributed by atoms with Crippen LogP contribution in [0.3, 0.4) is 0 Å². The Kier molecular flexibility index (Phi) is 5.43. The summed E-state index contributed by atoms with van der Waals surface area (Å²) in [6, 6.07) is 22.5. The van der Waals surface area contributed by atoms with Gasteiger partial charge in [0.05, 0.1) is 11.6 Å². The Hall–Kier alpha value is -2.81. The molecule has 5 rings (SSSR count).